The predicted octanol–water partition coefficient (Wildman–Crippen LogP) is 5.09. The fraction of sp³-hybridized carbons (Fsp3) is 0.0769. The number of ether oxygens (including phenoxy) is 1. The number of nitrogens with zero attached hydrogens (tertiary/aromatic N) is 1. The van der Waals surface area contributed by atoms with Crippen LogP contribution in [0.2, 0.25) is 5.02 Å². The number of aryl methyl sites for hydroxylation is 1. The Balaban J connectivity index is 1.57. The Kier molecular flexibility index (Phi) is 7.52. The number of carbonyl (C=O) groups excluding carboxylic acids is 4. The molecule has 36 heavy (non-hydrogen) atoms. The second-order valence-corrected chi connectivity index (χ2v) is 9.17. The van der Waals surface area contributed by atoms with E-state index in [1.54, 1.807) is 42.5 Å². The van der Waals surface area contributed by atoms with Gasteiger partial charge in [-0.15, -0.1) is 0 Å². The molecule has 0 aromatic heterocycles. The first kappa shape index (κ1) is 25.2. The molecule has 0 radical (unpaired) electrons. The molecular formula is C26H19BrClN3O5. The van der Waals surface area contributed by atoms with Gasteiger partial charge in [-0.05, 0) is 67.6 Å². The fourth-order valence-electron chi connectivity index (χ4n) is 3.38. The van der Waals surface area contributed by atoms with Crippen LogP contribution in [0.3, 0.4) is 0 Å². The van der Waals surface area contributed by atoms with Crippen LogP contribution >= 0.6 is 27.5 Å². The van der Waals surface area contributed by atoms with Crippen molar-refractivity contribution in [2.45, 2.75) is 6.92 Å². The molecule has 1 heterocycles. The Labute approximate surface area is 220 Å². The summed E-state index contributed by atoms with van der Waals surface area (Å²) in [6.07, 6.45) is 1.27. The van der Waals surface area contributed by atoms with E-state index in [2.05, 4.69) is 26.6 Å². The highest BCUT2D eigenvalue weighted by Gasteiger charge is 2.37. The van der Waals surface area contributed by atoms with E-state index in [0.29, 0.717) is 10.7 Å². The van der Waals surface area contributed by atoms with E-state index < -0.39 is 23.8 Å². The average Bonchev–Trinajstić information content (AvgIpc) is 2.84. The standard InChI is InChI=1S/C26H19BrClN3O5/c1-15-2-7-19(8-3-15)29-23(32)14-36-22-11-6-18(28)12-16(22)13-21-24(33)30-26(35)31(25(21)34)20-9-4-17(27)5-10-20/h2-13H,14H2,1H3,(H,29,32)(H,30,33,35)/b21-13+. The molecule has 0 unspecified atom stereocenters. The number of hydrogen-bond donors (Lipinski definition) is 2. The van der Waals surface area contributed by atoms with Gasteiger partial charge in [0.05, 0.1) is 5.69 Å². The summed E-state index contributed by atoms with van der Waals surface area (Å²) < 4.78 is 6.42. The molecule has 1 aliphatic heterocycles. The zero-order valence-corrected chi connectivity index (χ0v) is 21.2. The summed E-state index contributed by atoms with van der Waals surface area (Å²) in [4.78, 5) is 51.3. The van der Waals surface area contributed by atoms with E-state index in [9.17, 15) is 19.2 Å². The Bertz CT molecular complexity index is 1390. The Morgan fingerprint density at radius 2 is 1.75 bits per heavy atom. The van der Waals surface area contributed by atoms with Gasteiger partial charge in [0.15, 0.2) is 6.61 Å². The maximum atomic E-state index is 13.2. The lowest BCUT2D eigenvalue weighted by atomic mass is 10.1. The van der Waals surface area contributed by atoms with Gasteiger partial charge in [-0.3, -0.25) is 19.7 Å². The van der Waals surface area contributed by atoms with Gasteiger partial charge in [-0.1, -0.05) is 45.2 Å². The number of halogens is 2. The Hall–Kier alpha value is -3.95. The maximum absolute atomic E-state index is 13.2. The number of carbonyl (C=O) groups is 4. The van der Waals surface area contributed by atoms with Crippen LogP contribution in [-0.4, -0.2) is 30.4 Å². The number of anilines is 2. The summed E-state index contributed by atoms with van der Waals surface area (Å²) in [7, 11) is 0. The van der Waals surface area contributed by atoms with Crippen molar-refractivity contribution in [3.8, 4) is 5.75 Å². The molecule has 182 valence electrons. The van der Waals surface area contributed by atoms with E-state index in [-0.39, 0.29) is 29.2 Å². The second kappa shape index (κ2) is 10.8. The van der Waals surface area contributed by atoms with Crippen molar-refractivity contribution >= 4 is 68.7 Å². The van der Waals surface area contributed by atoms with Crippen molar-refractivity contribution in [1.82, 2.24) is 5.32 Å². The first-order chi connectivity index (χ1) is 17.2. The van der Waals surface area contributed by atoms with Crippen LogP contribution in [0.1, 0.15) is 11.1 Å². The van der Waals surface area contributed by atoms with Crippen LogP contribution in [0.25, 0.3) is 6.08 Å². The number of rotatable bonds is 6. The lowest BCUT2D eigenvalue weighted by Gasteiger charge is -2.26. The van der Waals surface area contributed by atoms with E-state index in [1.165, 1.54) is 18.2 Å². The molecule has 1 saturated heterocycles. The Morgan fingerprint density at radius 1 is 1.06 bits per heavy atom. The van der Waals surface area contributed by atoms with Crippen LogP contribution in [0.15, 0.2) is 76.8 Å². The van der Waals surface area contributed by atoms with E-state index in [4.69, 9.17) is 16.3 Å². The highest BCUT2D eigenvalue weighted by atomic mass is 79.9. The first-order valence-electron chi connectivity index (χ1n) is 10.7. The van der Waals surface area contributed by atoms with Gasteiger partial charge in [0.2, 0.25) is 0 Å². The molecule has 1 aliphatic rings. The molecule has 1 fully saturated rings. The van der Waals surface area contributed by atoms with Crippen LogP contribution in [0, 0.1) is 6.92 Å². The van der Waals surface area contributed by atoms with Gasteiger partial charge in [0, 0.05) is 20.7 Å². The van der Waals surface area contributed by atoms with Gasteiger partial charge in [0.25, 0.3) is 17.7 Å². The van der Waals surface area contributed by atoms with E-state index in [1.807, 2.05) is 19.1 Å². The summed E-state index contributed by atoms with van der Waals surface area (Å²) in [5.74, 6) is -1.85. The molecule has 0 atom stereocenters. The van der Waals surface area contributed by atoms with Crippen molar-refractivity contribution in [1.29, 1.82) is 0 Å². The normalized spacial score (nSPS) is 14.6. The zero-order chi connectivity index (χ0) is 25.8. The van der Waals surface area contributed by atoms with Crippen molar-refractivity contribution in [2.24, 2.45) is 0 Å². The van der Waals surface area contributed by atoms with Crippen molar-refractivity contribution in [3.05, 3.63) is 92.9 Å². The van der Waals surface area contributed by atoms with Gasteiger partial charge in [-0.25, -0.2) is 9.69 Å². The topological polar surface area (TPSA) is 105 Å². The SMILES string of the molecule is Cc1ccc(NC(=O)COc2ccc(Cl)cc2/C=C2\C(=O)NC(=O)N(c3ccc(Br)cc3)C2=O)cc1. The summed E-state index contributed by atoms with van der Waals surface area (Å²) in [5, 5.41) is 5.22. The third-order valence-corrected chi connectivity index (χ3v) is 5.92. The fourth-order valence-corrected chi connectivity index (χ4v) is 3.82. The lowest BCUT2D eigenvalue weighted by molar-refractivity contribution is -0.122. The molecule has 2 N–H and O–H groups in total. The molecular weight excluding hydrogens is 550 g/mol. The molecule has 0 spiro atoms. The average molecular weight is 569 g/mol. The van der Waals surface area contributed by atoms with Crippen LogP contribution in [0.4, 0.5) is 16.2 Å². The van der Waals surface area contributed by atoms with Gasteiger partial charge in [-0.2, -0.15) is 0 Å². The predicted molar refractivity (Wildman–Crippen MR) is 140 cm³/mol. The Morgan fingerprint density at radius 3 is 2.44 bits per heavy atom. The first-order valence-corrected chi connectivity index (χ1v) is 11.8. The zero-order valence-electron chi connectivity index (χ0n) is 18.9. The maximum Gasteiger partial charge on any atom is 0.335 e. The van der Waals surface area contributed by atoms with Crippen molar-refractivity contribution in [3.63, 3.8) is 0 Å². The molecule has 8 nitrogen and oxygen atoms in total. The number of nitrogens with one attached hydrogen (secondary N) is 2. The van der Waals surface area contributed by atoms with E-state index >= 15 is 0 Å². The molecule has 10 heteroatoms. The highest BCUT2D eigenvalue weighted by molar-refractivity contribution is 9.10. The summed E-state index contributed by atoms with van der Waals surface area (Å²) in [5.41, 5.74) is 1.96. The molecule has 4 rings (SSSR count). The van der Waals surface area contributed by atoms with Crippen LogP contribution < -0.4 is 20.3 Å². The van der Waals surface area contributed by atoms with Gasteiger partial charge in [0.1, 0.15) is 11.3 Å². The number of hydrogen-bond acceptors (Lipinski definition) is 5. The quantitative estimate of drug-likeness (QED) is 0.318. The minimum atomic E-state index is -0.861. The van der Waals surface area contributed by atoms with Crippen molar-refractivity contribution < 1.29 is 23.9 Å². The van der Waals surface area contributed by atoms with Crippen LogP contribution in [-0.2, 0) is 14.4 Å². The summed E-state index contributed by atoms with van der Waals surface area (Å²) in [6, 6.07) is 17.5. The number of barbiturate groups is 1. The third kappa shape index (κ3) is 5.81. The van der Waals surface area contributed by atoms with Gasteiger partial charge >= 0.3 is 6.03 Å². The molecule has 3 aromatic carbocycles. The summed E-state index contributed by atoms with van der Waals surface area (Å²) >= 11 is 9.44. The largest absolute Gasteiger partial charge is 0.483 e. The van der Waals surface area contributed by atoms with E-state index in [0.717, 1.165) is 14.9 Å². The van der Waals surface area contributed by atoms with Crippen LogP contribution in [0.5, 0.6) is 5.75 Å². The summed E-state index contributed by atoms with van der Waals surface area (Å²) in [6.45, 7) is 1.62. The molecule has 0 aliphatic carbocycles. The highest BCUT2D eigenvalue weighted by Crippen LogP contribution is 2.28. The smallest absolute Gasteiger partial charge is 0.335 e. The second-order valence-electron chi connectivity index (χ2n) is 7.82. The molecule has 0 saturated carbocycles. The van der Waals surface area contributed by atoms with Gasteiger partial charge < -0.3 is 10.1 Å². The number of imide groups is 2. The number of benzene rings is 3. The number of amides is 5. The molecule has 0 bridgehead atoms. The third-order valence-electron chi connectivity index (χ3n) is 5.15. The molecule has 5 amide bonds. The van der Waals surface area contributed by atoms with Crippen molar-refractivity contribution in [2.75, 3.05) is 16.8 Å². The molecule has 3 aromatic rings. The minimum absolute atomic E-state index is 0.221. The monoisotopic (exact) mass is 567 g/mol. The number of urea groups is 1. The minimum Gasteiger partial charge on any atom is -0.483 e. The lowest BCUT2D eigenvalue weighted by Crippen LogP contribution is -2.54.